The average Bonchev–Trinajstić information content (AvgIpc) is 3.55. The van der Waals surface area contributed by atoms with Gasteiger partial charge in [-0.15, -0.1) is 0 Å². The number of benzene rings is 3. The van der Waals surface area contributed by atoms with Crippen molar-refractivity contribution in [2.75, 3.05) is 0 Å². The first-order valence-electron chi connectivity index (χ1n) is 12.8. The number of esters is 2. The van der Waals surface area contributed by atoms with Crippen molar-refractivity contribution in [1.82, 2.24) is 0 Å². The van der Waals surface area contributed by atoms with Crippen molar-refractivity contribution in [2.24, 2.45) is 23.7 Å². The summed E-state index contributed by atoms with van der Waals surface area (Å²) in [6, 6.07) is 28.4. The third-order valence-electron chi connectivity index (χ3n) is 7.80. The van der Waals surface area contributed by atoms with E-state index in [0.717, 1.165) is 4.90 Å². The van der Waals surface area contributed by atoms with Gasteiger partial charge in [-0.05, 0) is 61.9 Å². The third-order valence-corrected chi connectivity index (χ3v) is 10.0. The first-order chi connectivity index (χ1) is 18.4. The molecule has 1 N–H and O–H groups in total. The van der Waals surface area contributed by atoms with Gasteiger partial charge in [0.15, 0.2) is 14.7 Å². The zero-order chi connectivity index (χ0) is 26.4. The zero-order valence-corrected chi connectivity index (χ0v) is 21.8. The molecule has 1 aliphatic heterocycles. The molecule has 3 aromatic rings. The molecule has 1 saturated heterocycles. The molecule has 0 aromatic heterocycles. The molecule has 1 heterocycles. The van der Waals surface area contributed by atoms with E-state index in [2.05, 4.69) is 30.8 Å². The van der Waals surface area contributed by atoms with E-state index < -0.39 is 36.3 Å². The molecule has 0 amide bonds. The van der Waals surface area contributed by atoms with Crippen molar-refractivity contribution in [2.45, 2.75) is 46.5 Å². The third kappa shape index (κ3) is 4.29. The summed E-state index contributed by atoms with van der Waals surface area (Å²) in [5.74, 6) is -1.64. The maximum atomic E-state index is 12.7. The molecule has 6 rings (SSSR count). The summed E-state index contributed by atoms with van der Waals surface area (Å²) in [7, 11) is -0.295. The van der Waals surface area contributed by atoms with Crippen LogP contribution in [0.5, 0.6) is 5.75 Å². The van der Waals surface area contributed by atoms with E-state index in [9.17, 15) is 14.7 Å². The van der Waals surface area contributed by atoms with Crippen LogP contribution >= 0.6 is 0 Å². The monoisotopic (exact) mass is 529 g/mol. The molecule has 7 unspecified atom stereocenters. The van der Waals surface area contributed by atoms with Gasteiger partial charge < -0.3 is 19.3 Å². The number of aliphatic hydroxyl groups is 1. The molecule has 0 spiro atoms. The van der Waals surface area contributed by atoms with Gasteiger partial charge in [-0.1, -0.05) is 43.0 Å². The lowest BCUT2D eigenvalue weighted by atomic mass is 9.78. The molecular weight excluding hydrogens is 500 g/mol. The second-order valence-corrected chi connectivity index (χ2v) is 12.2. The SMILES string of the molecule is C=C(C)C(=O)OC1C2CC3C1OC(=O)C3C2C(O)Oc1ccc([S+](c2ccccc2)c2ccccc2)cc1. The molecule has 0 radical (unpaired) electrons. The van der Waals surface area contributed by atoms with Crippen molar-refractivity contribution in [3.05, 3.63) is 97.1 Å². The summed E-state index contributed by atoms with van der Waals surface area (Å²) in [5.41, 5.74) is 0.284. The van der Waals surface area contributed by atoms with E-state index >= 15 is 0 Å². The van der Waals surface area contributed by atoms with Crippen LogP contribution in [0, 0.1) is 23.7 Å². The summed E-state index contributed by atoms with van der Waals surface area (Å²) >= 11 is 0. The Morgan fingerprint density at radius 3 is 2.11 bits per heavy atom. The quantitative estimate of drug-likeness (QED) is 0.196. The lowest BCUT2D eigenvalue weighted by Crippen LogP contribution is -2.46. The van der Waals surface area contributed by atoms with Crippen molar-refractivity contribution >= 4 is 22.8 Å². The molecule has 3 aliphatic rings. The lowest BCUT2D eigenvalue weighted by Gasteiger charge is -2.33. The van der Waals surface area contributed by atoms with Crippen LogP contribution in [0.25, 0.3) is 0 Å². The minimum Gasteiger partial charge on any atom is -0.465 e. The largest absolute Gasteiger partial charge is 0.465 e. The van der Waals surface area contributed by atoms with Gasteiger partial charge in [0.25, 0.3) is 0 Å². The Kier molecular flexibility index (Phi) is 6.50. The van der Waals surface area contributed by atoms with Crippen molar-refractivity contribution in [1.29, 1.82) is 0 Å². The summed E-state index contributed by atoms with van der Waals surface area (Å²) in [4.78, 5) is 28.4. The fraction of sp³-hybridized carbons (Fsp3) is 0.290. The molecular formula is C31H29O6S+. The topological polar surface area (TPSA) is 82.1 Å². The van der Waals surface area contributed by atoms with Gasteiger partial charge in [0.05, 0.1) is 16.8 Å². The van der Waals surface area contributed by atoms with Crippen LogP contribution in [0.1, 0.15) is 13.3 Å². The highest BCUT2D eigenvalue weighted by Gasteiger charge is 2.69. The number of rotatable bonds is 8. The summed E-state index contributed by atoms with van der Waals surface area (Å²) < 4.78 is 17.2. The number of carbonyl (C=O) groups excluding carboxylic acids is 2. The lowest BCUT2D eigenvalue weighted by molar-refractivity contribution is -0.161. The Morgan fingerprint density at radius 1 is 0.947 bits per heavy atom. The molecule has 2 bridgehead atoms. The molecule has 7 heteroatoms. The van der Waals surface area contributed by atoms with Gasteiger partial charge in [0.2, 0.25) is 6.29 Å². The predicted molar refractivity (Wildman–Crippen MR) is 141 cm³/mol. The van der Waals surface area contributed by atoms with Crippen LogP contribution in [-0.4, -0.2) is 35.5 Å². The van der Waals surface area contributed by atoms with E-state index in [0.29, 0.717) is 12.2 Å². The molecule has 3 fully saturated rings. The number of aliphatic hydroxyl groups excluding tert-OH is 1. The van der Waals surface area contributed by atoms with Gasteiger partial charge >= 0.3 is 11.9 Å². The average molecular weight is 530 g/mol. The smallest absolute Gasteiger partial charge is 0.333 e. The minimum atomic E-state index is -1.24. The van der Waals surface area contributed by atoms with Crippen LogP contribution in [0.2, 0.25) is 0 Å². The van der Waals surface area contributed by atoms with Crippen LogP contribution in [0.4, 0.5) is 0 Å². The molecule has 2 saturated carbocycles. The van der Waals surface area contributed by atoms with Crippen molar-refractivity contribution in [3.63, 3.8) is 0 Å². The zero-order valence-electron chi connectivity index (χ0n) is 20.9. The van der Waals surface area contributed by atoms with Crippen molar-refractivity contribution < 1.29 is 28.9 Å². The molecule has 3 aromatic carbocycles. The number of hydrogen-bond donors (Lipinski definition) is 1. The maximum absolute atomic E-state index is 12.7. The Hall–Kier alpha value is -3.55. The number of ether oxygens (including phenoxy) is 3. The van der Waals surface area contributed by atoms with E-state index in [-0.39, 0.29) is 34.3 Å². The van der Waals surface area contributed by atoms with E-state index in [4.69, 9.17) is 14.2 Å². The Bertz CT molecular complexity index is 1300. The van der Waals surface area contributed by atoms with Crippen molar-refractivity contribution in [3.8, 4) is 5.75 Å². The van der Waals surface area contributed by atoms with Crippen LogP contribution in [0.15, 0.2) is 112 Å². The summed E-state index contributed by atoms with van der Waals surface area (Å²) in [5, 5.41) is 11.2. The minimum absolute atomic E-state index is 0.0836. The van der Waals surface area contributed by atoms with E-state index in [1.807, 2.05) is 60.7 Å². The molecule has 38 heavy (non-hydrogen) atoms. The second kappa shape index (κ2) is 9.97. The fourth-order valence-electron chi connectivity index (χ4n) is 6.21. The Morgan fingerprint density at radius 2 is 1.53 bits per heavy atom. The van der Waals surface area contributed by atoms with E-state index in [1.54, 1.807) is 6.92 Å². The van der Waals surface area contributed by atoms with E-state index in [1.165, 1.54) is 9.79 Å². The summed E-state index contributed by atoms with van der Waals surface area (Å²) in [6.07, 6.45) is -1.65. The normalized spacial score (nSPS) is 27.7. The molecule has 7 atom stereocenters. The summed E-state index contributed by atoms with van der Waals surface area (Å²) in [6.45, 7) is 5.23. The van der Waals surface area contributed by atoms with Gasteiger partial charge in [-0.3, -0.25) is 4.79 Å². The van der Waals surface area contributed by atoms with Crippen LogP contribution in [0.3, 0.4) is 0 Å². The Balaban J connectivity index is 1.22. The van der Waals surface area contributed by atoms with Gasteiger partial charge in [-0.25, -0.2) is 4.79 Å². The highest BCUT2D eigenvalue weighted by molar-refractivity contribution is 7.97. The second-order valence-electron chi connectivity index (χ2n) is 10.1. The number of hydrogen-bond acceptors (Lipinski definition) is 6. The van der Waals surface area contributed by atoms with Crippen LogP contribution < -0.4 is 4.74 Å². The van der Waals surface area contributed by atoms with Gasteiger partial charge in [0, 0.05) is 23.3 Å². The highest BCUT2D eigenvalue weighted by atomic mass is 32.2. The first kappa shape index (κ1) is 24.8. The fourth-order valence-corrected chi connectivity index (χ4v) is 8.29. The standard InChI is InChI=1S/C31H29O6S/c1-18(2)29(32)36-27-23-17-24-26(31(34)37-28(24)27)25(23)30(33)35-19-13-15-22(16-14-19)38(20-9-5-3-6-10-20)21-11-7-4-8-12-21/h3-16,23-28,30,33H,1,17H2,2H3/q+1. The molecule has 2 aliphatic carbocycles. The molecule has 194 valence electrons. The van der Waals surface area contributed by atoms with Crippen LogP contribution in [-0.2, 0) is 30.0 Å². The van der Waals surface area contributed by atoms with Gasteiger partial charge in [-0.2, -0.15) is 0 Å². The Labute approximate surface area is 224 Å². The highest BCUT2D eigenvalue weighted by Crippen LogP contribution is 2.59. The van der Waals surface area contributed by atoms with Gasteiger partial charge in [0.1, 0.15) is 18.0 Å². The maximum Gasteiger partial charge on any atom is 0.333 e. The molecule has 6 nitrogen and oxygen atoms in total. The number of carbonyl (C=O) groups is 2. The first-order valence-corrected chi connectivity index (χ1v) is 14.0. The predicted octanol–water partition coefficient (Wildman–Crippen LogP) is 4.77. The number of fused-ring (bicyclic) bond motifs is 1.